The smallest absolute Gasteiger partial charge is 0.158 e. The van der Waals surface area contributed by atoms with E-state index in [0.717, 1.165) is 11.3 Å². The van der Waals surface area contributed by atoms with Crippen LogP contribution in [0, 0.1) is 11.3 Å². The minimum Gasteiger partial charge on any atom is -0.496 e. The van der Waals surface area contributed by atoms with E-state index in [1.165, 1.54) is 6.20 Å². The number of benzene rings is 1. The van der Waals surface area contributed by atoms with Gasteiger partial charge in [0.1, 0.15) is 11.8 Å². The molecule has 0 saturated carbocycles. The molecule has 0 fully saturated rings. The molecule has 0 aliphatic heterocycles. The van der Waals surface area contributed by atoms with Crippen molar-refractivity contribution in [3.05, 3.63) is 42.4 Å². The van der Waals surface area contributed by atoms with Gasteiger partial charge in [0.15, 0.2) is 5.69 Å². The molecule has 78 valence electrons. The Bertz CT molecular complexity index is 529. The van der Waals surface area contributed by atoms with Gasteiger partial charge in [-0.3, -0.25) is 4.98 Å². The summed E-state index contributed by atoms with van der Waals surface area (Å²) in [6.07, 6.45) is 3.01. The van der Waals surface area contributed by atoms with Crippen molar-refractivity contribution in [3.8, 4) is 23.1 Å². The number of hydrogen-bond donors (Lipinski definition) is 0. The topological polar surface area (TPSA) is 58.8 Å². The van der Waals surface area contributed by atoms with Gasteiger partial charge in [0.2, 0.25) is 0 Å². The first kappa shape index (κ1) is 10.1. The van der Waals surface area contributed by atoms with Crippen LogP contribution < -0.4 is 4.74 Å². The second kappa shape index (κ2) is 4.41. The first-order valence-electron chi connectivity index (χ1n) is 4.70. The third-order valence-electron chi connectivity index (χ3n) is 2.15. The quantitative estimate of drug-likeness (QED) is 0.762. The Morgan fingerprint density at radius 3 is 2.62 bits per heavy atom. The van der Waals surface area contributed by atoms with Gasteiger partial charge in [0.25, 0.3) is 0 Å². The molecular formula is C12H9N3O. The van der Waals surface area contributed by atoms with E-state index in [1.807, 2.05) is 30.3 Å². The van der Waals surface area contributed by atoms with E-state index >= 15 is 0 Å². The lowest BCUT2D eigenvalue weighted by Crippen LogP contribution is -1.92. The Morgan fingerprint density at radius 2 is 2.00 bits per heavy atom. The molecular weight excluding hydrogens is 202 g/mol. The maximum absolute atomic E-state index is 8.62. The van der Waals surface area contributed by atoms with E-state index in [-0.39, 0.29) is 0 Å². The van der Waals surface area contributed by atoms with Crippen LogP contribution in [-0.2, 0) is 0 Å². The van der Waals surface area contributed by atoms with E-state index in [9.17, 15) is 0 Å². The highest BCUT2D eigenvalue weighted by Crippen LogP contribution is 2.27. The first-order chi connectivity index (χ1) is 7.85. The van der Waals surface area contributed by atoms with Crippen LogP contribution in [0.2, 0.25) is 0 Å². The van der Waals surface area contributed by atoms with E-state index in [1.54, 1.807) is 13.3 Å². The SMILES string of the molecule is COc1ccccc1-c1cnc(C#N)cn1. The van der Waals surface area contributed by atoms with Crippen LogP contribution in [0.15, 0.2) is 36.7 Å². The highest BCUT2D eigenvalue weighted by molar-refractivity contribution is 5.66. The van der Waals surface area contributed by atoms with Crippen LogP contribution in [-0.4, -0.2) is 17.1 Å². The molecule has 1 heterocycles. The minimum absolute atomic E-state index is 0.304. The third-order valence-corrected chi connectivity index (χ3v) is 2.15. The summed E-state index contributed by atoms with van der Waals surface area (Å²) in [6, 6.07) is 9.47. The van der Waals surface area contributed by atoms with Crippen molar-refractivity contribution in [3.63, 3.8) is 0 Å². The molecule has 4 nitrogen and oxygen atoms in total. The van der Waals surface area contributed by atoms with Crippen molar-refractivity contribution >= 4 is 0 Å². The molecule has 0 atom stereocenters. The van der Waals surface area contributed by atoms with Crippen LogP contribution in [0.1, 0.15) is 5.69 Å². The van der Waals surface area contributed by atoms with Crippen molar-refractivity contribution in [1.82, 2.24) is 9.97 Å². The van der Waals surface area contributed by atoms with E-state index in [4.69, 9.17) is 10.00 Å². The number of methoxy groups -OCH3 is 1. The van der Waals surface area contributed by atoms with Crippen LogP contribution in [0.5, 0.6) is 5.75 Å². The maximum Gasteiger partial charge on any atom is 0.158 e. The van der Waals surface area contributed by atoms with Gasteiger partial charge in [0, 0.05) is 5.56 Å². The van der Waals surface area contributed by atoms with Gasteiger partial charge in [-0.2, -0.15) is 5.26 Å². The number of para-hydroxylation sites is 1. The Labute approximate surface area is 93.2 Å². The van der Waals surface area contributed by atoms with Crippen LogP contribution in [0.25, 0.3) is 11.3 Å². The lowest BCUT2D eigenvalue weighted by Gasteiger charge is -2.06. The van der Waals surface area contributed by atoms with Gasteiger partial charge < -0.3 is 4.74 Å². The zero-order valence-corrected chi connectivity index (χ0v) is 8.71. The second-order valence-electron chi connectivity index (χ2n) is 3.10. The fourth-order valence-electron chi connectivity index (χ4n) is 1.38. The first-order valence-corrected chi connectivity index (χ1v) is 4.70. The highest BCUT2D eigenvalue weighted by Gasteiger charge is 2.06. The minimum atomic E-state index is 0.304. The molecule has 4 heteroatoms. The summed E-state index contributed by atoms with van der Waals surface area (Å²) in [5.41, 5.74) is 1.86. The average molecular weight is 211 g/mol. The molecule has 1 aromatic carbocycles. The van der Waals surface area contributed by atoms with E-state index in [2.05, 4.69) is 9.97 Å². The Hall–Kier alpha value is -2.41. The Kier molecular flexibility index (Phi) is 2.79. The van der Waals surface area contributed by atoms with Gasteiger partial charge in [-0.1, -0.05) is 12.1 Å². The normalized spacial score (nSPS) is 9.50. The van der Waals surface area contributed by atoms with Crippen LogP contribution in [0.4, 0.5) is 0 Å². The summed E-state index contributed by atoms with van der Waals surface area (Å²) in [5.74, 6) is 0.738. The maximum atomic E-state index is 8.62. The van der Waals surface area contributed by atoms with Gasteiger partial charge in [-0.15, -0.1) is 0 Å². The molecule has 0 N–H and O–H groups in total. The fraction of sp³-hybridized carbons (Fsp3) is 0.0833. The summed E-state index contributed by atoms with van der Waals surface area (Å²) >= 11 is 0. The number of aromatic nitrogens is 2. The molecule has 1 aromatic heterocycles. The summed E-state index contributed by atoms with van der Waals surface area (Å²) in [7, 11) is 1.61. The van der Waals surface area contributed by atoms with Gasteiger partial charge in [-0.05, 0) is 12.1 Å². The molecule has 0 radical (unpaired) electrons. The number of hydrogen-bond acceptors (Lipinski definition) is 4. The van der Waals surface area contributed by atoms with Gasteiger partial charge in [0.05, 0.1) is 25.2 Å². The summed E-state index contributed by atoms with van der Waals surface area (Å²) in [5, 5.41) is 8.62. The van der Waals surface area contributed by atoms with Gasteiger partial charge in [-0.25, -0.2) is 4.98 Å². The zero-order chi connectivity index (χ0) is 11.4. The summed E-state index contributed by atoms with van der Waals surface area (Å²) in [6.45, 7) is 0. The van der Waals surface area contributed by atoms with Crippen molar-refractivity contribution in [2.75, 3.05) is 7.11 Å². The highest BCUT2D eigenvalue weighted by atomic mass is 16.5. The average Bonchev–Trinajstić information content (AvgIpc) is 2.39. The molecule has 0 unspecified atom stereocenters. The van der Waals surface area contributed by atoms with Crippen molar-refractivity contribution < 1.29 is 4.74 Å². The summed E-state index contributed by atoms with van der Waals surface area (Å²) in [4.78, 5) is 8.13. The lowest BCUT2D eigenvalue weighted by atomic mass is 10.1. The summed E-state index contributed by atoms with van der Waals surface area (Å²) < 4.78 is 5.22. The van der Waals surface area contributed by atoms with E-state index in [0.29, 0.717) is 11.4 Å². The number of nitrogens with zero attached hydrogens (tertiary/aromatic N) is 3. The molecule has 0 aliphatic rings. The molecule has 0 aliphatic carbocycles. The Morgan fingerprint density at radius 1 is 1.19 bits per heavy atom. The molecule has 0 amide bonds. The molecule has 2 aromatic rings. The van der Waals surface area contributed by atoms with Crippen molar-refractivity contribution in [2.45, 2.75) is 0 Å². The number of nitriles is 1. The molecule has 0 bridgehead atoms. The standard InChI is InChI=1S/C12H9N3O/c1-16-12-5-3-2-4-10(12)11-8-14-9(6-13)7-15-11/h2-5,7-8H,1H3. The monoisotopic (exact) mass is 211 g/mol. The number of rotatable bonds is 2. The molecule has 2 rings (SSSR count). The second-order valence-corrected chi connectivity index (χ2v) is 3.10. The van der Waals surface area contributed by atoms with Crippen molar-refractivity contribution in [2.24, 2.45) is 0 Å². The van der Waals surface area contributed by atoms with Crippen molar-refractivity contribution in [1.29, 1.82) is 5.26 Å². The van der Waals surface area contributed by atoms with Crippen LogP contribution >= 0.6 is 0 Å². The Balaban J connectivity index is 2.47. The van der Waals surface area contributed by atoms with E-state index < -0.39 is 0 Å². The fourth-order valence-corrected chi connectivity index (χ4v) is 1.38. The van der Waals surface area contributed by atoms with Crippen LogP contribution in [0.3, 0.4) is 0 Å². The predicted octanol–water partition coefficient (Wildman–Crippen LogP) is 2.02. The lowest BCUT2D eigenvalue weighted by molar-refractivity contribution is 0.416. The number of ether oxygens (including phenoxy) is 1. The largest absolute Gasteiger partial charge is 0.496 e. The molecule has 16 heavy (non-hydrogen) atoms. The molecule has 0 saturated heterocycles. The molecule has 0 spiro atoms. The van der Waals surface area contributed by atoms with Gasteiger partial charge >= 0.3 is 0 Å². The zero-order valence-electron chi connectivity index (χ0n) is 8.71. The predicted molar refractivity (Wildman–Crippen MR) is 58.7 cm³/mol. The third kappa shape index (κ3) is 1.84.